The van der Waals surface area contributed by atoms with Crippen molar-refractivity contribution in [1.29, 1.82) is 0 Å². The number of aryl methyl sites for hydroxylation is 1. The molecule has 1 N–H and O–H groups in total. The molecule has 0 amide bonds. The number of fused-ring (bicyclic) bond motifs is 2. The van der Waals surface area contributed by atoms with E-state index in [1.165, 1.54) is 0 Å². The average molecular weight is 286 g/mol. The smallest absolute Gasteiger partial charge is 0.163 e. The zero-order valence-electron chi connectivity index (χ0n) is 12.7. The Kier molecular flexibility index (Phi) is 4.13. The van der Waals surface area contributed by atoms with Gasteiger partial charge in [0, 0.05) is 35.8 Å². The van der Waals surface area contributed by atoms with Gasteiger partial charge < -0.3 is 14.8 Å². The van der Waals surface area contributed by atoms with Crippen molar-refractivity contribution >= 4 is 16.6 Å². The zero-order valence-corrected chi connectivity index (χ0v) is 12.7. The van der Waals surface area contributed by atoms with Gasteiger partial charge >= 0.3 is 0 Å². The second kappa shape index (κ2) is 6.20. The molecular formula is C17H22N2O2. The van der Waals surface area contributed by atoms with E-state index in [0.717, 1.165) is 59.6 Å². The third kappa shape index (κ3) is 2.89. The van der Waals surface area contributed by atoms with Crippen molar-refractivity contribution in [2.24, 2.45) is 0 Å². The van der Waals surface area contributed by atoms with Crippen molar-refractivity contribution in [1.82, 2.24) is 4.98 Å². The first-order chi connectivity index (χ1) is 10.3. The predicted molar refractivity (Wildman–Crippen MR) is 85.5 cm³/mol. The molecule has 112 valence electrons. The fourth-order valence-electron chi connectivity index (χ4n) is 2.52. The maximum Gasteiger partial charge on any atom is 0.163 e. The number of ether oxygens (including phenoxy) is 2. The summed E-state index contributed by atoms with van der Waals surface area (Å²) in [6.07, 6.45) is 2.93. The van der Waals surface area contributed by atoms with Crippen molar-refractivity contribution in [3.05, 3.63) is 23.9 Å². The fraction of sp³-hybridized carbons (Fsp3) is 0.471. The summed E-state index contributed by atoms with van der Waals surface area (Å²) in [6, 6.07) is 6.20. The summed E-state index contributed by atoms with van der Waals surface area (Å²) in [5.41, 5.74) is 3.20. The van der Waals surface area contributed by atoms with E-state index in [-0.39, 0.29) is 0 Å². The van der Waals surface area contributed by atoms with E-state index in [4.69, 9.17) is 14.5 Å². The first-order valence-electron chi connectivity index (χ1n) is 7.79. The molecule has 4 nitrogen and oxygen atoms in total. The number of benzene rings is 1. The van der Waals surface area contributed by atoms with Crippen LogP contribution in [0.4, 0.5) is 5.69 Å². The highest BCUT2D eigenvalue weighted by atomic mass is 16.5. The Hall–Kier alpha value is -1.97. The molecule has 0 aliphatic carbocycles. The van der Waals surface area contributed by atoms with Crippen LogP contribution < -0.4 is 14.8 Å². The van der Waals surface area contributed by atoms with E-state index in [2.05, 4.69) is 31.3 Å². The van der Waals surface area contributed by atoms with Crippen molar-refractivity contribution < 1.29 is 9.47 Å². The van der Waals surface area contributed by atoms with Gasteiger partial charge in [0.1, 0.15) is 0 Å². The molecule has 0 atom stereocenters. The largest absolute Gasteiger partial charge is 0.490 e. The minimum absolute atomic E-state index is 0.701. The average Bonchev–Trinajstić information content (AvgIpc) is 2.75. The summed E-state index contributed by atoms with van der Waals surface area (Å²) in [6.45, 7) is 6.65. The molecule has 1 aromatic heterocycles. The Labute approximate surface area is 125 Å². The van der Waals surface area contributed by atoms with Crippen molar-refractivity contribution in [2.45, 2.75) is 33.1 Å². The first kappa shape index (κ1) is 14.0. The van der Waals surface area contributed by atoms with Crippen LogP contribution in [-0.2, 0) is 6.42 Å². The monoisotopic (exact) mass is 286 g/mol. The quantitative estimate of drug-likeness (QED) is 0.929. The molecule has 0 spiro atoms. The van der Waals surface area contributed by atoms with Gasteiger partial charge in [-0.15, -0.1) is 0 Å². The molecule has 2 aromatic rings. The van der Waals surface area contributed by atoms with Gasteiger partial charge in [0.25, 0.3) is 0 Å². The number of rotatable bonds is 4. The van der Waals surface area contributed by atoms with Gasteiger partial charge in [0.05, 0.1) is 18.7 Å². The number of anilines is 1. The minimum Gasteiger partial charge on any atom is -0.490 e. The molecule has 0 saturated carbocycles. The van der Waals surface area contributed by atoms with Crippen molar-refractivity contribution in [2.75, 3.05) is 25.1 Å². The van der Waals surface area contributed by atoms with Crippen molar-refractivity contribution in [3.8, 4) is 11.5 Å². The lowest BCUT2D eigenvalue weighted by atomic mass is 10.1. The third-order valence-corrected chi connectivity index (χ3v) is 3.66. The van der Waals surface area contributed by atoms with E-state index in [1.807, 2.05) is 6.07 Å². The molecule has 2 heterocycles. The molecule has 3 rings (SSSR count). The lowest BCUT2D eigenvalue weighted by Crippen LogP contribution is -2.03. The zero-order chi connectivity index (χ0) is 14.7. The SMILES string of the molecule is CCCNc1cc(CC)nc2cc3c(cc12)OCCCO3. The third-order valence-electron chi connectivity index (χ3n) is 3.66. The number of nitrogens with one attached hydrogen (secondary N) is 1. The number of pyridine rings is 1. The minimum atomic E-state index is 0.701. The van der Waals surface area contributed by atoms with Crippen LogP contribution in [0.25, 0.3) is 10.9 Å². The molecule has 0 bridgehead atoms. The van der Waals surface area contributed by atoms with E-state index in [9.17, 15) is 0 Å². The lowest BCUT2D eigenvalue weighted by molar-refractivity contribution is 0.297. The summed E-state index contributed by atoms with van der Waals surface area (Å²) >= 11 is 0. The number of hydrogen-bond acceptors (Lipinski definition) is 4. The molecule has 0 fully saturated rings. The topological polar surface area (TPSA) is 43.4 Å². The van der Waals surface area contributed by atoms with Crippen LogP contribution >= 0.6 is 0 Å². The van der Waals surface area contributed by atoms with Crippen LogP contribution in [0.1, 0.15) is 32.4 Å². The van der Waals surface area contributed by atoms with Crippen LogP contribution in [0.15, 0.2) is 18.2 Å². The Morgan fingerprint density at radius 1 is 1.10 bits per heavy atom. The summed E-state index contributed by atoms with van der Waals surface area (Å²) in [4.78, 5) is 4.73. The number of aromatic nitrogens is 1. The molecule has 0 radical (unpaired) electrons. The highest BCUT2D eigenvalue weighted by Gasteiger charge is 2.14. The molecule has 1 aromatic carbocycles. The fourth-order valence-corrected chi connectivity index (χ4v) is 2.52. The Balaban J connectivity index is 2.12. The van der Waals surface area contributed by atoms with Crippen molar-refractivity contribution in [3.63, 3.8) is 0 Å². The highest BCUT2D eigenvalue weighted by molar-refractivity contribution is 5.94. The molecular weight excluding hydrogens is 264 g/mol. The Morgan fingerprint density at radius 3 is 2.57 bits per heavy atom. The van der Waals surface area contributed by atoms with E-state index >= 15 is 0 Å². The number of nitrogens with zero attached hydrogens (tertiary/aromatic N) is 1. The number of hydrogen-bond donors (Lipinski definition) is 1. The Morgan fingerprint density at radius 2 is 1.86 bits per heavy atom. The van der Waals surface area contributed by atoms with Gasteiger partial charge in [0.2, 0.25) is 0 Å². The second-order valence-corrected chi connectivity index (χ2v) is 5.31. The van der Waals surface area contributed by atoms with E-state index in [0.29, 0.717) is 13.2 Å². The van der Waals surface area contributed by atoms with Crippen LogP contribution in [0, 0.1) is 0 Å². The molecule has 4 heteroatoms. The summed E-state index contributed by atoms with van der Waals surface area (Å²) in [5.74, 6) is 1.63. The lowest BCUT2D eigenvalue weighted by Gasteiger charge is -2.14. The molecule has 0 saturated heterocycles. The van der Waals surface area contributed by atoms with Crippen LogP contribution in [-0.4, -0.2) is 24.7 Å². The van der Waals surface area contributed by atoms with Gasteiger partial charge in [-0.25, -0.2) is 0 Å². The van der Waals surface area contributed by atoms with Gasteiger partial charge in [-0.2, -0.15) is 0 Å². The van der Waals surface area contributed by atoms with Gasteiger partial charge in [-0.05, 0) is 25.0 Å². The summed E-state index contributed by atoms with van der Waals surface area (Å²) in [7, 11) is 0. The van der Waals surface area contributed by atoms with E-state index < -0.39 is 0 Å². The predicted octanol–water partition coefficient (Wildman–Crippen LogP) is 3.78. The Bertz CT molecular complexity index is 640. The van der Waals surface area contributed by atoms with E-state index in [1.54, 1.807) is 0 Å². The molecule has 1 aliphatic heterocycles. The van der Waals surface area contributed by atoms with Gasteiger partial charge in [-0.1, -0.05) is 13.8 Å². The van der Waals surface area contributed by atoms with Gasteiger partial charge in [0.15, 0.2) is 11.5 Å². The maximum atomic E-state index is 5.79. The van der Waals surface area contributed by atoms with Crippen LogP contribution in [0.2, 0.25) is 0 Å². The van der Waals surface area contributed by atoms with Crippen LogP contribution in [0.5, 0.6) is 11.5 Å². The molecule has 0 unspecified atom stereocenters. The highest BCUT2D eigenvalue weighted by Crippen LogP contribution is 2.36. The molecule has 21 heavy (non-hydrogen) atoms. The van der Waals surface area contributed by atoms with Gasteiger partial charge in [-0.3, -0.25) is 4.98 Å². The maximum absolute atomic E-state index is 5.79. The summed E-state index contributed by atoms with van der Waals surface area (Å²) in [5, 5.41) is 4.60. The van der Waals surface area contributed by atoms with Crippen LogP contribution in [0.3, 0.4) is 0 Å². The summed E-state index contributed by atoms with van der Waals surface area (Å²) < 4.78 is 11.6. The first-order valence-corrected chi connectivity index (χ1v) is 7.79. The second-order valence-electron chi connectivity index (χ2n) is 5.31. The standard InChI is InChI=1S/C17H22N2O2/c1-3-6-18-14-9-12(4-2)19-15-11-17-16(10-13(14)15)20-7-5-8-21-17/h9-11H,3-8H2,1-2H3,(H,18,19). The molecule has 1 aliphatic rings. The normalized spacial score (nSPS) is 14.0.